The van der Waals surface area contributed by atoms with Gasteiger partial charge in [-0.05, 0) is 11.6 Å². The molecule has 9 nitrogen and oxygen atoms in total. The first-order chi connectivity index (χ1) is 11.1. The molecule has 0 saturated heterocycles. The van der Waals surface area contributed by atoms with E-state index in [1.807, 2.05) is 12.1 Å². The number of hydrogen-bond donors (Lipinski definition) is 3. The molecule has 0 spiro atoms. The summed E-state index contributed by atoms with van der Waals surface area (Å²) < 4.78 is 2.82. The fourth-order valence-corrected chi connectivity index (χ4v) is 2.37. The third kappa shape index (κ3) is 2.73. The van der Waals surface area contributed by atoms with Crippen molar-refractivity contribution in [3.8, 4) is 0 Å². The van der Waals surface area contributed by atoms with E-state index in [9.17, 15) is 14.7 Å². The molecule has 0 aromatic carbocycles. The Bertz CT molecular complexity index is 941. The van der Waals surface area contributed by atoms with Gasteiger partial charge in [0.25, 0.3) is 5.56 Å². The van der Waals surface area contributed by atoms with E-state index in [1.165, 1.54) is 11.6 Å². The lowest BCUT2D eigenvalue weighted by molar-refractivity contribution is 0.278. The minimum Gasteiger partial charge on any atom is -0.395 e. The second-order valence-electron chi connectivity index (χ2n) is 5.02. The van der Waals surface area contributed by atoms with Crippen molar-refractivity contribution in [1.82, 2.24) is 24.1 Å². The molecule has 0 aliphatic heterocycles. The monoisotopic (exact) mass is 316 g/mol. The van der Waals surface area contributed by atoms with Crippen LogP contribution in [-0.4, -0.2) is 35.8 Å². The smallest absolute Gasteiger partial charge is 0.329 e. The second-order valence-corrected chi connectivity index (χ2v) is 5.02. The molecule has 0 saturated carbocycles. The van der Waals surface area contributed by atoms with Gasteiger partial charge in [-0.2, -0.15) is 4.98 Å². The summed E-state index contributed by atoms with van der Waals surface area (Å²) in [6, 6.07) is 3.73. The van der Waals surface area contributed by atoms with Crippen molar-refractivity contribution in [2.75, 3.05) is 11.9 Å². The zero-order chi connectivity index (χ0) is 16.4. The van der Waals surface area contributed by atoms with Gasteiger partial charge in [-0.3, -0.25) is 19.3 Å². The Morgan fingerprint density at radius 1 is 1.39 bits per heavy atom. The SMILES string of the molecule is Cn1c(=O)[nH]c(=O)c2c1nc(NCc1cccnc1)n2CCO. The average molecular weight is 316 g/mol. The summed E-state index contributed by atoms with van der Waals surface area (Å²) in [6.07, 6.45) is 3.40. The van der Waals surface area contributed by atoms with Gasteiger partial charge in [0.1, 0.15) is 0 Å². The molecule has 3 aromatic heterocycles. The number of H-pyrrole nitrogens is 1. The van der Waals surface area contributed by atoms with E-state index in [2.05, 4.69) is 20.3 Å². The molecule has 23 heavy (non-hydrogen) atoms. The van der Waals surface area contributed by atoms with Gasteiger partial charge in [0.05, 0.1) is 6.61 Å². The zero-order valence-corrected chi connectivity index (χ0v) is 12.5. The minimum absolute atomic E-state index is 0.157. The number of aromatic amines is 1. The summed E-state index contributed by atoms with van der Waals surface area (Å²) in [6.45, 7) is 0.483. The molecule has 0 unspecified atom stereocenters. The van der Waals surface area contributed by atoms with Crippen LogP contribution >= 0.6 is 0 Å². The zero-order valence-electron chi connectivity index (χ0n) is 12.5. The number of aryl methyl sites for hydroxylation is 1. The van der Waals surface area contributed by atoms with Crippen molar-refractivity contribution >= 4 is 17.1 Å². The van der Waals surface area contributed by atoms with Crippen molar-refractivity contribution in [1.29, 1.82) is 0 Å². The first-order valence-electron chi connectivity index (χ1n) is 7.05. The van der Waals surface area contributed by atoms with Crippen molar-refractivity contribution < 1.29 is 5.11 Å². The molecule has 0 amide bonds. The predicted molar refractivity (Wildman–Crippen MR) is 84.2 cm³/mol. The molecule has 3 heterocycles. The van der Waals surface area contributed by atoms with Crippen LogP contribution in [-0.2, 0) is 20.1 Å². The molecule has 3 N–H and O–H groups in total. The van der Waals surface area contributed by atoms with Gasteiger partial charge in [0.2, 0.25) is 5.95 Å². The number of nitrogens with one attached hydrogen (secondary N) is 2. The number of rotatable bonds is 5. The van der Waals surface area contributed by atoms with Gasteiger partial charge in [0, 0.05) is 32.5 Å². The van der Waals surface area contributed by atoms with Crippen LogP contribution in [0.3, 0.4) is 0 Å². The lowest BCUT2D eigenvalue weighted by Crippen LogP contribution is -2.29. The topological polar surface area (TPSA) is 118 Å². The summed E-state index contributed by atoms with van der Waals surface area (Å²) in [5.41, 5.74) is 0.391. The quantitative estimate of drug-likeness (QED) is 0.580. The lowest BCUT2D eigenvalue weighted by Gasteiger charge is -2.08. The van der Waals surface area contributed by atoms with Crippen molar-refractivity contribution in [2.24, 2.45) is 7.05 Å². The van der Waals surface area contributed by atoms with Crippen LogP contribution < -0.4 is 16.6 Å². The van der Waals surface area contributed by atoms with Gasteiger partial charge in [-0.1, -0.05) is 6.07 Å². The van der Waals surface area contributed by atoms with Crippen molar-refractivity contribution in [2.45, 2.75) is 13.1 Å². The molecule has 3 aromatic rings. The highest BCUT2D eigenvalue weighted by Crippen LogP contribution is 2.15. The second kappa shape index (κ2) is 6.05. The van der Waals surface area contributed by atoms with Crippen LogP contribution in [0, 0.1) is 0 Å². The Hall–Kier alpha value is -2.94. The standard InChI is InChI=1S/C14H16N6O3/c1-19-11-10(12(22)18-14(19)23)20(5-6-21)13(17-11)16-8-9-3-2-4-15-7-9/h2-4,7,21H,5-6,8H2,1H3,(H,16,17)(H,18,22,23). The molecule has 0 radical (unpaired) electrons. The number of anilines is 1. The molecule has 0 aliphatic rings. The number of imidazole rings is 1. The third-order valence-electron chi connectivity index (χ3n) is 3.50. The number of aliphatic hydroxyl groups excluding tert-OH is 1. The molecule has 0 atom stereocenters. The van der Waals surface area contributed by atoms with Crippen LogP contribution in [0.2, 0.25) is 0 Å². The van der Waals surface area contributed by atoms with Gasteiger partial charge in [-0.15, -0.1) is 0 Å². The lowest BCUT2D eigenvalue weighted by atomic mass is 10.3. The largest absolute Gasteiger partial charge is 0.395 e. The highest BCUT2D eigenvalue weighted by Gasteiger charge is 2.16. The van der Waals surface area contributed by atoms with Crippen LogP contribution in [0.1, 0.15) is 5.56 Å². The van der Waals surface area contributed by atoms with E-state index in [-0.39, 0.29) is 24.3 Å². The Balaban J connectivity index is 2.07. The molecule has 0 fully saturated rings. The Morgan fingerprint density at radius 2 is 2.22 bits per heavy atom. The maximum Gasteiger partial charge on any atom is 0.329 e. The summed E-state index contributed by atoms with van der Waals surface area (Å²) in [7, 11) is 1.53. The van der Waals surface area contributed by atoms with Crippen LogP contribution in [0.4, 0.5) is 5.95 Å². The summed E-state index contributed by atoms with van der Waals surface area (Å²) >= 11 is 0. The van der Waals surface area contributed by atoms with Crippen molar-refractivity contribution in [3.05, 3.63) is 50.9 Å². The Morgan fingerprint density at radius 3 is 2.91 bits per heavy atom. The van der Waals surface area contributed by atoms with E-state index in [1.54, 1.807) is 17.0 Å². The van der Waals surface area contributed by atoms with E-state index in [4.69, 9.17) is 0 Å². The van der Waals surface area contributed by atoms with Crippen molar-refractivity contribution in [3.63, 3.8) is 0 Å². The number of hydrogen-bond acceptors (Lipinski definition) is 6. The van der Waals surface area contributed by atoms with Crippen LogP contribution in [0.15, 0.2) is 34.1 Å². The highest BCUT2D eigenvalue weighted by atomic mass is 16.3. The summed E-state index contributed by atoms with van der Waals surface area (Å²) in [4.78, 5) is 34.4. The van der Waals surface area contributed by atoms with Gasteiger partial charge in [-0.25, -0.2) is 4.79 Å². The molecule has 3 rings (SSSR count). The third-order valence-corrected chi connectivity index (χ3v) is 3.50. The summed E-state index contributed by atoms with van der Waals surface area (Å²) in [5.74, 6) is 0.407. The van der Waals surface area contributed by atoms with E-state index in [0.717, 1.165) is 5.56 Å². The molecule has 0 aliphatic carbocycles. The molecule has 120 valence electrons. The first-order valence-corrected chi connectivity index (χ1v) is 7.05. The minimum atomic E-state index is -0.532. The molecular weight excluding hydrogens is 300 g/mol. The van der Waals surface area contributed by atoms with E-state index < -0.39 is 11.2 Å². The number of aliphatic hydroxyl groups is 1. The van der Waals surface area contributed by atoms with Crippen LogP contribution in [0.25, 0.3) is 11.2 Å². The fourth-order valence-electron chi connectivity index (χ4n) is 2.37. The van der Waals surface area contributed by atoms with Gasteiger partial charge >= 0.3 is 5.69 Å². The summed E-state index contributed by atoms with van der Waals surface area (Å²) in [5, 5.41) is 12.4. The van der Waals surface area contributed by atoms with E-state index >= 15 is 0 Å². The Labute approximate surface area is 130 Å². The fraction of sp³-hybridized carbons (Fsp3) is 0.286. The van der Waals surface area contributed by atoms with Crippen LogP contribution in [0.5, 0.6) is 0 Å². The van der Waals surface area contributed by atoms with E-state index in [0.29, 0.717) is 12.5 Å². The first kappa shape index (κ1) is 15.0. The molecular formula is C14H16N6O3. The predicted octanol–water partition coefficient (Wildman–Crippen LogP) is -0.577. The average Bonchev–Trinajstić information content (AvgIpc) is 2.91. The normalized spacial score (nSPS) is 11.0. The number of pyridine rings is 1. The molecule has 0 bridgehead atoms. The van der Waals surface area contributed by atoms with Gasteiger partial charge < -0.3 is 15.0 Å². The molecule has 9 heteroatoms. The maximum atomic E-state index is 12.1. The maximum absolute atomic E-state index is 12.1. The highest BCUT2D eigenvalue weighted by molar-refractivity contribution is 5.74. The number of aromatic nitrogens is 5. The number of nitrogens with zero attached hydrogens (tertiary/aromatic N) is 4. The van der Waals surface area contributed by atoms with Gasteiger partial charge in [0.15, 0.2) is 11.2 Å². The number of fused-ring (bicyclic) bond motifs is 1. The Kier molecular flexibility index (Phi) is 3.94.